The van der Waals surface area contributed by atoms with Crippen molar-refractivity contribution in [3.05, 3.63) is 0 Å². The smallest absolute Gasteiger partial charge is 0.329 e. The minimum Gasteiger partial charge on any atom is -0.480 e. The van der Waals surface area contributed by atoms with Crippen LogP contribution < -0.4 is 0 Å². The van der Waals surface area contributed by atoms with Crippen LogP contribution in [-0.2, 0) is 19.1 Å². The Morgan fingerprint density at radius 3 is 2.81 bits per heavy atom. The zero-order valence-electron chi connectivity index (χ0n) is 9.35. The lowest BCUT2D eigenvalue weighted by molar-refractivity contribution is -0.145. The summed E-state index contributed by atoms with van der Waals surface area (Å²) in [4.78, 5) is 23.4. The summed E-state index contributed by atoms with van der Waals surface area (Å²) in [7, 11) is 1.64. The Labute approximate surface area is 94.1 Å². The van der Waals surface area contributed by atoms with Crippen molar-refractivity contribution in [2.24, 2.45) is 5.92 Å². The van der Waals surface area contributed by atoms with Crippen LogP contribution in [0.4, 0.5) is 0 Å². The molecular weight excluding hydrogens is 214 g/mol. The number of methoxy groups -OCH3 is 1. The van der Waals surface area contributed by atoms with Crippen LogP contribution in [0.15, 0.2) is 0 Å². The summed E-state index contributed by atoms with van der Waals surface area (Å²) in [5.41, 5.74) is 0. The molecule has 1 heterocycles. The Morgan fingerprint density at radius 2 is 2.19 bits per heavy atom. The van der Waals surface area contributed by atoms with E-state index in [4.69, 9.17) is 14.6 Å². The van der Waals surface area contributed by atoms with Crippen LogP contribution in [0.2, 0.25) is 0 Å². The van der Waals surface area contributed by atoms with Crippen molar-refractivity contribution < 1.29 is 24.2 Å². The van der Waals surface area contributed by atoms with Crippen molar-refractivity contribution >= 4 is 11.9 Å². The molecule has 1 rings (SSSR count). The van der Waals surface area contributed by atoms with Gasteiger partial charge in [-0.05, 0) is 6.42 Å². The second-order valence-electron chi connectivity index (χ2n) is 3.84. The van der Waals surface area contributed by atoms with Crippen LogP contribution in [0.3, 0.4) is 0 Å². The molecular formula is C10H17NO5. The lowest BCUT2D eigenvalue weighted by Crippen LogP contribution is -2.33. The summed E-state index contributed by atoms with van der Waals surface area (Å²) in [5.74, 6) is -0.834. The van der Waals surface area contributed by atoms with Gasteiger partial charge in [0.1, 0.15) is 13.2 Å². The minimum atomic E-state index is -1.06. The van der Waals surface area contributed by atoms with Crippen LogP contribution in [0.1, 0.15) is 6.42 Å². The average molecular weight is 231 g/mol. The van der Waals surface area contributed by atoms with Gasteiger partial charge < -0.3 is 19.5 Å². The van der Waals surface area contributed by atoms with E-state index in [1.165, 1.54) is 0 Å². The predicted molar refractivity (Wildman–Crippen MR) is 55.0 cm³/mol. The second kappa shape index (κ2) is 6.44. The molecule has 92 valence electrons. The normalized spacial score (nSPS) is 20.1. The molecule has 0 aromatic heterocycles. The van der Waals surface area contributed by atoms with Crippen molar-refractivity contribution in [2.45, 2.75) is 6.42 Å². The summed E-state index contributed by atoms with van der Waals surface area (Å²) in [6, 6.07) is 0. The first-order valence-electron chi connectivity index (χ1n) is 5.19. The van der Waals surface area contributed by atoms with Gasteiger partial charge in [0.25, 0.3) is 0 Å². The van der Waals surface area contributed by atoms with Crippen molar-refractivity contribution in [3.63, 3.8) is 0 Å². The highest BCUT2D eigenvalue weighted by Crippen LogP contribution is 2.16. The Kier molecular flexibility index (Phi) is 5.21. The number of hydrogen-bond donors (Lipinski definition) is 1. The van der Waals surface area contributed by atoms with E-state index in [2.05, 4.69) is 0 Å². The van der Waals surface area contributed by atoms with E-state index in [1.54, 1.807) is 12.0 Å². The first-order chi connectivity index (χ1) is 7.63. The molecule has 1 N–H and O–H groups in total. The van der Waals surface area contributed by atoms with E-state index < -0.39 is 12.6 Å². The lowest BCUT2D eigenvalue weighted by atomic mass is 10.1. The van der Waals surface area contributed by atoms with Crippen molar-refractivity contribution in [3.8, 4) is 0 Å². The Balaban J connectivity index is 2.20. The molecule has 6 heteroatoms. The van der Waals surface area contributed by atoms with Gasteiger partial charge in [0.05, 0.1) is 6.61 Å². The number of carbonyl (C=O) groups excluding carboxylic acids is 1. The third kappa shape index (κ3) is 4.16. The molecule has 1 aliphatic heterocycles. The summed E-state index contributed by atoms with van der Waals surface area (Å²) >= 11 is 0. The zero-order chi connectivity index (χ0) is 12.0. The monoisotopic (exact) mass is 231 g/mol. The maximum atomic E-state index is 11.5. The molecule has 1 unspecified atom stereocenters. The van der Waals surface area contributed by atoms with Gasteiger partial charge in [-0.25, -0.2) is 4.79 Å². The van der Waals surface area contributed by atoms with Gasteiger partial charge in [-0.15, -0.1) is 0 Å². The first-order valence-corrected chi connectivity index (χ1v) is 5.19. The summed E-state index contributed by atoms with van der Waals surface area (Å²) in [6.45, 7) is 1.43. The molecule has 6 nitrogen and oxygen atoms in total. The number of rotatable bonds is 6. The van der Waals surface area contributed by atoms with E-state index in [1.807, 2.05) is 0 Å². The largest absolute Gasteiger partial charge is 0.480 e. The van der Waals surface area contributed by atoms with E-state index >= 15 is 0 Å². The third-order valence-electron chi connectivity index (χ3n) is 2.49. The van der Waals surface area contributed by atoms with Gasteiger partial charge >= 0.3 is 5.97 Å². The standard InChI is InChI=1S/C10H17NO5/c1-15-5-8-2-3-11(4-8)9(12)6-16-7-10(13)14/h8H,2-7H2,1H3,(H,13,14). The maximum absolute atomic E-state index is 11.5. The molecule has 0 radical (unpaired) electrons. The quantitative estimate of drug-likeness (QED) is 0.672. The molecule has 0 aliphatic carbocycles. The van der Waals surface area contributed by atoms with Crippen molar-refractivity contribution in [1.82, 2.24) is 4.90 Å². The number of ether oxygens (including phenoxy) is 2. The molecule has 1 saturated heterocycles. The van der Waals surface area contributed by atoms with Gasteiger partial charge in [0.2, 0.25) is 5.91 Å². The van der Waals surface area contributed by atoms with E-state index in [-0.39, 0.29) is 12.5 Å². The van der Waals surface area contributed by atoms with Crippen LogP contribution in [0, 0.1) is 5.92 Å². The summed E-state index contributed by atoms with van der Waals surface area (Å²) < 4.78 is 9.76. The molecule has 0 bridgehead atoms. The molecule has 0 spiro atoms. The number of carboxylic acids is 1. The molecule has 1 atom stereocenters. The van der Waals surface area contributed by atoms with Gasteiger partial charge in [-0.2, -0.15) is 0 Å². The Morgan fingerprint density at radius 1 is 1.44 bits per heavy atom. The van der Waals surface area contributed by atoms with Crippen molar-refractivity contribution in [1.29, 1.82) is 0 Å². The van der Waals surface area contributed by atoms with Gasteiger partial charge in [-0.1, -0.05) is 0 Å². The molecule has 1 amide bonds. The van der Waals surface area contributed by atoms with Crippen molar-refractivity contribution in [2.75, 3.05) is 40.0 Å². The molecule has 0 saturated carbocycles. The van der Waals surface area contributed by atoms with Gasteiger partial charge in [0.15, 0.2) is 0 Å². The molecule has 16 heavy (non-hydrogen) atoms. The molecule has 1 fully saturated rings. The third-order valence-corrected chi connectivity index (χ3v) is 2.49. The van der Waals surface area contributed by atoms with Crippen LogP contribution in [-0.4, -0.2) is 61.9 Å². The number of likely N-dealkylation sites (tertiary alicyclic amines) is 1. The fourth-order valence-corrected chi connectivity index (χ4v) is 1.75. The van der Waals surface area contributed by atoms with E-state index in [9.17, 15) is 9.59 Å². The number of nitrogens with zero attached hydrogens (tertiary/aromatic N) is 1. The zero-order valence-corrected chi connectivity index (χ0v) is 9.35. The lowest BCUT2D eigenvalue weighted by Gasteiger charge is -2.16. The van der Waals surface area contributed by atoms with Gasteiger partial charge in [0, 0.05) is 26.1 Å². The molecule has 0 aromatic carbocycles. The Hall–Kier alpha value is -1.14. The first kappa shape index (κ1) is 12.9. The average Bonchev–Trinajstić information content (AvgIpc) is 2.66. The summed E-state index contributed by atoms with van der Waals surface area (Å²) in [6.07, 6.45) is 0.929. The highest BCUT2D eigenvalue weighted by Gasteiger charge is 2.25. The minimum absolute atomic E-state index is 0.153. The van der Waals surface area contributed by atoms with E-state index in [0.717, 1.165) is 6.42 Å². The number of hydrogen-bond acceptors (Lipinski definition) is 4. The van der Waals surface area contributed by atoms with Crippen LogP contribution >= 0.6 is 0 Å². The van der Waals surface area contributed by atoms with Gasteiger partial charge in [-0.3, -0.25) is 4.79 Å². The summed E-state index contributed by atoms with van der Waals surface area (Å²) in [5, 5.41) is 8.34. The Bertz CT molecular complexity index is 256. The fourth-order valence-electron chi connectivity index (χ4n) is 1.75. The van der Waals surface area contributed by atoms with Crippen LogP contribution in [0.5, 0.6) is 0 Å². The second-order valence-corrected chi connectivity index (χ2v) is 3.84. The number of carbonyl (C=O) groups is 2. The highest BCUT2D eigenvalue weighted by atomic mass is 16.5. The van der Waals surface area contributed by atoms with Crippen LogP contribution in [0.25, 0.3) is 0 Å². The topological polar surface area (TPSA) is 76.1 Å². The number of aliphatic carboxylic acids is 1. The number of amides is 1. The predicted octanol–water partition coefficient (Wildman–Crippen LogP) is -0.417. The SMILES string of the molecule is COCC1CCN(C(=O)COCC(=O)O)C1. The highest BCUT2D eigenvalue weighted by molar-refractivity contribution is 5.78. The maximum Gasteiger partial charge on any atom is 0.329 e. The molecule has 1 aliphatic rings. The van der Waals surface area contributed by atoms with E-state index in [0.29, 0.717) is 25.6 Å². The fraction of sp³-hybridized carbons (Fsp3) is 0.800. The molecule has 0 aromatic rings. The number of carboxylic acid groups (broad SMARTS) is 1.